The molecular formula is C30H31NO8. The number of para-hydroxylation sites is 1. The van der Waals surface area contributed by atoms with Gasteiger partial charge in [-0.3, -0.25) is 9.59 Å². The van der Waals surface area contributed by atoms with E-state index in [1.165, 1.54) is 0 Å². The predicted molar refractivity (Wildman–Crippen MR) is 140 cm³/mol. The summed E-state index contributed by atoms with van der Waals surface area (Å²) in [4.78, 5) is 41.1. The van der Waals surface area contributed by atoms with Crippen molar-refractivity contribution in [2.45, 2.75) is 39.0 Å². The van der Waals surface area contributed by atoms with E-state index in [4.69, 9.17) is 23.7 Å². The minimum absolute atomic E-state index is 0.0863. The number of methoxy groups -OCH3 is 1. The summed E-state index contributed by atoms with van der Waals surface area (Å²) < 4.78 is 27.5. The first kappa shape index (κ1) is 26.3. The summed E-state index contributed by atoms with van der Waals surface area (Å²) in [6.07, 6.45) is 0.333. The molecule has 0 fully saturated rings. The average molecular weight is 534 g/mol. The number of dihydropyridines is 1. The van der Waals surface area contributed by atoms with Crippen LogP contribution >= 0.6 is 0 Å². The van der Waals surface area contributed by atoms with Crippen LogP contribution in [0.4, 0.5) is 0 Å². The molecule has 3 unspecified atom stereocenters. The maximum Gasteiger partial charge on any atom is 0.336 e. The highest BCUT2D eigenvalue weighted by atomic mass is 16.7. The Balaban J connectivity index is 1.69. The lowest BCUT2D eigenvalue weighted by atomic mass is 9.67. The molecular weight excluding hydrogens is 502 g/mol. The van der Waals surface area contributed by atoms with E-state index in [0.717, 1.165) is 5.56 Å². The molecule has 2 aliphatic heterocycles. The highest BCUT2D eigenvalue weighted by molar-refractivity contribution is 6.13. The number of carbonyl (C=O) groups is 3. The van der Waals surface area contributed by atoms with Crippen LogP contribution in [0.1, 0.15) is 50.2 Å². The van der Waals surface area contributed by atoms with Crippen LogP contribution in [-0.4, -0.2) is 44.8 Å². The molecule has 39 heavy (non-hydrogen) atoms. The Morgan fingerprint density at radius 3 is 2.51 bits per heavy atom. The Morgan fingerprint density at radius 2 is 1.77 bits per heavy atom. The number of carbonyl (C=O) groups excluding carboxylic acids is 3. The van der Waals surface area contributed by atoms with E-state index in [0.29, 0.717) is 51.8 Å². The molecule has 9 heteroatoms. The molecule has 2 heterocycles. The number of hydrogen-bond donors (Lipinski definition) is 1. The summed E-state index contributed by atoms with van der Waals surface area (Å²) in [6.45, 7) is 5.61. The molecule has 0 bridgehead atoms. The van der Waals surface area contributed by atoms with Crippen molar-refractivity contribution in [3.63, 3.8) is 0 Å². The number of allylic oxidation sites excluding steroid dienone is 3. The van der Waals surface area contributed by atoms with Gasteiger partial charge in [0.1, 0.15) is 11.7 Å². The largest absolute Gasteiger partial charge is 0.496 e. The van der Waals surface area contributed by atoms with Crippen molar-refractivity contribution in [3.8, 4) is 17.2 Å². The minimum atomic E-state index is -1.12. The molecule has 2 aromatic rings. The van der Waals surface area contributed by atoms with Gasteiger partial charge in [-0.25, -0.2) is 4.79 Å². The molecule has 0 spiro atoms. The van der Waals surface area contributed by atoms with Gasteiger partial charge in [0.25, 0.3) is 0 Å². The highest BCUT2D eigenvalue weighted by Gasteiger charge is 2.49. The molecule has 5 rings (SSSR count). The second-order valence-electron chi connectivity index (χ2n) is 9.47. The first-order valence-corrected chi connectivity index (χ1v) is 13.0. The zero-order chi connectivity index (χ0) is 27.7. The minimum Gasteiger partial charge on any atom is -0.496 e. The molecule has 2 aromatic carbocycles. The van der Waals surface area contributed by atoms with Crippen LogP contribution < -0.4 is 19.5 Å². The van der Waals surface area contributed by atoms with E-state index in [2.05, 4.69) is 5.32 Å². The lowest BCUT2D eigenvalue weighted by Crippen LogP contribution is -2.43. The number of benzene rings is 2. The number of rotatable bonds is 7. The molecule has 9 nitrogen and oxygen atoms in total. The van der Waals surface area contributed by atoms with Crippen LogP contribution in [0.3, 0.4) is 0 Å². The zero-order valence-corrected chi connectivity index (χ0v) is 22.4. The molecule has 0 saturated carbocycles. The van der Waals surface area contributed by atoms with Gasteiger partial charge >= 0.3 is 11.9 Å². The fourth-order valence-corrected chi connectivity index (χ4v) is 5.71. The molecule has 1 aliphatic carbocycles. The quantitative estimate of drug-likeness (QED) is 0.415. The van der Waals surface area contributed by atoms with Gasteiger partial charge in [0.05, 0.1) is 25.9 Å². The van der Waals surface area contributed by atoms with Crippen LogP contribution in [0.2, 0.25) is 0 Å². The summed E-state index contributed by atoms with van der Waals surface area (Å²) in [5.41, 5.74) is 3.26. The van der Waals surface area contributed by atoms with Crippen molar-refractivity contribution in [3.05, 3.63) is 76.1 Å². The number of Topliss-reactive ketones (excluding diaryl/α,β-unsaturated/α-hetero) is 1. The van der Waals surface area contributed by atoms with Crippen molar-refractivity contribution in [1.29, 1.82) is 0 Å². The monoisotopic (exact) mass is 533 g/mol. The van der Waals surface area contributed by atoms with Crippen LogP contribution in [-0.2, 0) is 23.9 Å². The molecule has 0 radical (unpaired) electrons. The van der Waals surface area contributed by atoms with Gasteiger partial charge in [-0.05, 0) is 56.5 Å². The van der Waals surface area contributed by atoms with E-state index >= 15 is 0 Å². The fourth-order valence-electron chi connectivity index (χ4n) is 5.71. The lowest BCUT2D eigenvalue weighted by Gasteiger charge is -2.39. The van der Waals surface area contributed by atoms with Gasteiger partial charge < -0.3 is 29.0 Å². The van der Waals surface area contributed by atoms with Crippen LogP contribution in [0.15, 0.2) is 65.0 Å². The first-order valence-electron chi connectivity index (χ1n) is 13.0. The topological polar surface area (TPSA) is 109 Å². The number of ketones is 1. The molecule has 3 aliphatic rings. The van der Waals surface area contributed by atoms with Gasteiger partial charge in [-0.15, -0.1) is 0 Å². The Bertz CT molecular complexity index is 1390. The van der Waals surface area contributed by atoms with Crippen LogP contribution in [0.25, 0.3) is 0 Å². The Kier molecular flexibility index (Phi) is 7.32. The van der Waals surface area contributed by atoms with E-state index in [1.54, 1.807) is 52.1 Å². The SMILES string of the molecule is CCOC(=O)C1=C(C)NC2=C(C(=O)C(C(=O)OCC)C(c3ccccc3OC)C2)C1c1ccc2c(c1)OCO2. The Labute approximate surface area is 226 Å². The first-order chi connectivity index (χ1) is 18.9. The fraction of sp³-hybridized carbons (Fsp3) is 0.367. The normalized spacial score (nSPS) is 21.7. The number of ether oxygens (including phenoxy) is 5. The van der Waals surface area contributed by atoms with E-state index in [1.807, 2.05) is 18.2 Å². The summed E-state index contributed by atoms with van der Waals surface area (Å²) in [5.74, 6) is -2.32. The summed E-state index contributed by atoms with van der Waals surface area (Å²) in [6, 6.07) is 12.7. The standard InChI is InChI=1S/C30H31NO8/c1-5-36-29(33)24-16(3)31-20-14-19(18-9-7-8-10-21(18)35-4)26(30(34)37-6-2)28(32)27(20)25(24)17-11-12-22-23(13-17)39-15-38-22/h7-13,19,25-26,31H,5-6,14-15H2,1-4H3. The number of esters is 2. The van der Waals surface area contributed by atoms with Gasteiger partial charge in [0.15, 0.2) is 17.3 Å². The third-order valence-corrected chi connectivity index (χ3v) is 7.32. The zero-order valence-electron chi connectivity index (χ0n) is 22.4. The van der Waals surface area contributed by atoms with Gasteiger partial charge in [-0.1, -0.05) is 24.3 Å². The third kappa shape index (κ3) is 4.62. The van der Waals surface area contributed by atoms with Gasteiger partial charge in [0, 0.05) is 28.8 Å². The lowest BCUT2D eigenvalue weighted by molar-refractivity contribution is -0.152. The summed E-state index contributed by atoms with van der Waals surface area (Å²) in [5, 5.41) is 3.31. The predicted octanol–water partition coefficient (Wildman–Crippen LogP) is 4.14. The number of hydrogen-bond acceptors (Lipinski definition) is 9. The van der Waals surface area contributed by atoms with Crippen molar-refractivity contribution in [1.82, 2.24) is 5.32 Å². The van der Waals surface area contributed by atoms with Crippen LogP contribution in [0, 0.1) is 5.92 Å². The number of nitrogens with one attached hydrogen (secondary N) is 1. The molecule has 0 aromatic heterocycles. The Morgan fingerprint density at radius 1 is 1.03 bits per heavy atom. The molecule has 204 valence electrons. The van der Waals surface area contributed by atoms with Crippen molar-refractivity contribution in [2.75, 3.05) is 27.1 Å². The molecule has 1 N–H and O–H groups in total. The maximum atomic E-state index is 14.4. The second-order valence-corrected chi connectivity index (χ2v) is 9.47. The van der Waals surface area contributed by atoms with Gasteiger partial charge in [0.2, 0.25) is 6.79 Å². The van der Waals surface area contributed by atoms with Crippen molar-refractivity contribution >= 4 is 17.7 Å². The summed E-state index contributed by atoms with van der Waals surface area (Å²) in [7, 11) is 1.56. The Hall–Kier alpha value is -4.27. The van der Waals surface area contributed by atoms with Gasteiger partial charge in [-0.2, -0.15) is 0 Å². The second kappa shape index (κ2) is 10.8. The van der Waals surface area contributed by atoms with E-state index in [-0.39, 0.29) is 20.0 Å². The van der Waals surface area contributed by atoms with Crippen molar-refractivity contribution < 1.29 is 38.1 Å². The highest BCUT2D eigenvalue weighted by Crippen LogP contribution is 2.50. The molecule has 0 saturated heterocycles. The van der Waals surface area contributed by atoms with Crippen LogP contribution in [0.5, 0.6) is 17.2 Å². The summed E-state index contributed by atoms with van der Waals surface area (Å²) >= 11 is 0. The van der Waals surface area contributed by atoms with E-state index < -0.39 is 35.5 Å². The molecule has 0 amide bonds. The average Bonchev–Trinajstić information content (AvgIpc) is 3.40. The van der Waals surface area contributed by atoms with E-state index in [9.17, 15) is 14.4 Å². The smallest absolute Gasteiger partial charge is 0.336 e. The third-order valence-electron chi connectivity index (χ3n) is 7.32. The number of fused-ring (bicyclic) bond motifs is 1. The van der Waals surface area contributed by atoms with Crippen molar-refractivity contribution in [2.24, 2.45) is 5.92 Å². The maximum absolute atomic E-state index is 14.4. The molecule has 3 atom stereocenters.